The van der Waals surface area contributed by atoms with Crippen LogP contribution in [0.5, 0.6) is 17.2 Å². The van der Waals surface area contributed by atoms with Crippen molar-refractivity contribution in [3.05, 3.63) is 42.0 Å². The van der Waals surface area contributed by atoms with Crippen LogP contribution in [0.15, 0.2) is 36.4 Å². The van der Waals surface area contributed by atoms with Crippen LogP contribution in [0.1, 0.15) is 51.4 Å². The molecule has 0 radical (unpaired) electrons. The second-order valence-electron chi connectivity index (χ2n) is 7.94. The average Bonchev–Trinajstić information content (AvgIpc) is 2.71. The zero-order valence-electron chi connectivity index (χ0n) is 19.5. The highest BCUT2D eigenvalue weighted by molar-refractivity contribution is 6.05. The SMILES string of the molecule is CCCOc1ccc(C(=O)Nc2ccc(OC)c(NC(=O)OC(C)(C)C)c2)cc1OCC. The van der Waals surface area contributed by atoms with E-state index in [0.29, 0.717) is 47.4 Å². The fourth-order valence-corrected chi connectivity index (χ4v) is 2.75. The van der Waals surface area contributed by atoms with Crippen LogP contribution in [0.25, 0.3) is 0 Å². The Hall–Kier alpha value is -3.42. The lowest BCUT2D eigenvalue weighted by molar-refractivity contribution is 0.0635. The average molecular weight is 445 g/mol. The van der Waals surface area contributed by atoms with E-state index in [-0.39, 0.29) is 5.91 Å². The van der Waals surface area contributed by atoms with E-state index in [9.17, 15) is 9.59 Å². The molecule has 0 saturated heterocycles. The van der Waals surface area contributed by atoms with Crippen molar-refractivity contribution in [1.82, 2.24) is 0 Å². The smallest absolute Gasteiger partial charge is 0.412 e. The van der Waals surface area contributed by atoms with Crippen LogP contribution in [0.2, 0.25) is 0 Å². The molecular weight excluding hydrogens is 412 g/mol. The summed E-state index contributed by atoms with van der Waals surface area (Å²) in [4.78, 5) is 25.0. The number of anilines is 2. The van der Waals surface area contributed by atoms with Crippen LogP contribution in [0.3, 0.4) is 0 Å². The Bertz CT molecular complexity index is 937. The van der Waals surface area contributed by atoms with Gasteiger partial charge in [-0.15, -0.1) is 0 Å². The van der Waals surface area contributed by atoms with Crippen molar-refractivity contribution in [2.45, 2.75) is 46.6 Å². The Kier molecular flexibility index (Phi) is 8.75. The summed E-state index contributed by atoms with van der Waals surface area (Å²) in [5.74, 6) is 1.21. The lowest BCUT2D eigenvalue weighted by Crippen LogP contribution is -2.27. The lowest BCUT2D eigenvalue weighted by atomic mass is 10.1. The molecule has 2 aromatic carbocycles. The molecular formula is C24H32N2O6. The monoisotopic (exact) mass is 444 g/mol. The Morgan fingerprint density at radius 2 is 1.62 bits per heavy atom. The first-order valence-electron chi connectivity index (χ1n) is 10.6. The Morgan fingerprint density at radius 3 is 2.25 bits per heavy atom. The van der Waals surface area contributed by atoms with E-state index in [1.807, 2.05) is 13.8 Å². The van der Waals surface area contributed by atoms with Crippen molar-refractivity contribution >= 4 is 23.4 Å². The maximum atomic E-state index is 12.8. The standard InChI is InChI=1S/C24H32N2O6/c1-7-13-31-20-11-9-16(14-21(20)30-8-2)22(27)25-17-10-12-19(29-6)18(15-17)26-23(28)32-24(3,4)5/h9-12,14-15H,7-8,13H2,1-6H3,(H,25,27)(H,26,28). The van der Waals surface area contributed by atoms with Crippen LogP contribution in [-0.2, 0) is 4.74 Å². The van der Waals surface area contributed by atoms with Crippen molar-refractivity contribution < 1.29 is 28.5 Å². The zero-order chi connectivity index (χ0) is 23.7. The summed E-state index contributed by atoms with van der Waals surface area (Å²) in [6.45, 7) is 10.2. The van der Waals surface area contributed by atoms with Crippen molar-refractivity contribution in [1.29, 1.82) is 0 Å². The van der Waals surface area contributed by atoms with Crippen LogP contribution < -0.4 is 24.8 Å². The highest BCUT2D eigenvalue weighted by Gasteiger charge is 2.18. The predicted molar refractivity (Wildman–Crippen MR) is 124 cm³/mol. The van der Waals surface area contributed by atoms with E-state index in [1.165, 1.54) is 7.11 Å². The minimum atomic E-state index is -0.644. The van der Waals surface area contributed by atoms with Gasteiger partial charge in [-0.2, -0.15) is 0 Å². The van der Waals surface area contributed by atoms with Gasteiger partial charge in [0.1, 0.15) is 11.4 Å². The molecule has 174 valence electrons. The number of nitrogens with one attached hydrogen (secondary N) is 2. The van der Waals surface area contributed by atoms with Gasteiger partial charge in [-0.25, -0.2) is 4.79 Å². The van der Waals surface area contributed by atoms with Gasteiger partial charge in [-0.3, -0.25) is 10.1 Å². The topological polar surface area (TPSA) is 95.1 Å². The molecule has 0 aliphatic rings. The normalized spacial score (nSPS) is 10.8. The number of methoxy groups -OCH3 is 1. The molecule has 0 aliphatic heterocycles. The molecule has 8 nitrogen and oxygen atoms in total. The number of benzene rings is 2. The van der Waals surface area contributed by atoms with E-state index >= 15 is 0 Å². The van der Waals surface area contributed by atoms with Gasteiger partial charge in [0.15, 0.2) is 11.5 Å². The van der Waals surface area contributed by atoms with Gasteiger partial charge in [0, 0.05) is 11.3 Å². The maximum absolute atomic E-state index is 12.8. The fraction of sp³-hybridized carbons (Fsp3) is 0.417. The lowest BCUT2D eigenvalue weighted by Gasteiger charge is -2.20. The van der Waals surface area contributed by atoms with E-state index in [1.54, 1.807) is 57.2 Å². The van der Waals surface area contributed by atoms with Crippen molar-refractivity contribution in [3.63, 3.8) is 0 Å². The summed E-state index contributed by atoms with van der Waals surface area (Å²) in [6, 6.07) is 9.97. The molecule has 0 atom stereocenters. The highest BCUT2D eigenvalue weighted by atomic mass is 16.6. The van der Waals surface area contributed by atoms with Crippen molar-refractivity contribution in [3.8, 4) is 17.2 Å². The molecule has 0 aliphatic carbocycles. The molecule has 0 bridgehead atoms. The van der Waals surface area contributed by atoms with Crippen molar-refractivity contribution in [2.75, 3.05) is 31.0 Å². The summed E-state index contributed by atoms with van der Waals surface area (Å²) < 4.78 is 21.9. The van der Waals surface area contributed by atoms with Gasteiger partial charge >= 0.3 is 6.09 Å². The maximum Gasteiger partial charge on any atom is 0.412 e. The third-order valence-corrected chi connectivity index (χ3v) is 4.06. The number of carbonyl (C=O) groups is 2. The van der Waals surface area contributed by atoms with Crippen LogP contribution in [-0.4, -0.2) is 37.9 Å². The molecule has 0 unspecified atom stereocenters. The van der Waals surface area contributed by atoms with Gasteiger partial charge in [0.05, 0.1) is 26.0 Å². The Balaban J connectivity index is 2.20. The molecule has 8 heteroatoms. The molecule has 0 spiro atoms. The van der Waals surface area contributed by atoms with Crippen molar-refractivity contribution in [2.24, 2.45) is 0 Å². The first-order chi connectivity index (χ1) is 15.2. The van der Waals surface area contributed by atoms with Crippen LogP contribution in [0, 0.1) is 0 Å². The molecule has 0 saturated carbocycles. The summed E-state index contributed by atoms with van der Waals surface area (Å²) in [6.07, 6.45) is 0.244. The van der Waals surface area contributed by atoms with E-state index in [4.69, 9.17) is 18.9 Å². The Labute approximate surface area is 189 Å². The Morgan fingerprint density at radius 1 is 0.906 bits per heavy atom. The molecule has 32 heavy (non-hydrogen) atoms. The van der Waals surface area contributed by atoms with Gasteiger partial charge in [-0.05, 0) is 70.5 Å². The summed E-state index contributed by atoms with van der Waals surface area (Å²) >= 11 is 0. The molecule has 0 heterocycles. The number of carbonyl (C=O) groups excluding carboxylic acids is 2. The number of rotatable bonds is 9. The second kappa shape index (κ2) is 11.3. The predicted octanol–water partition coefficient (Wildman–Crippen LogP) is 5.48. The van der Waals surface area contributed by atoms with Gasteiger partial charge in [0.25, 0.3) is 5.91 Å². The molecule has 2 rings (SSSR count). The second-order valence-corrected chi connectivity index (χ2v) is 7.94. The summed E-state index contributed by atoms with van der Waals surface area (Å²) in [7, 11) is 1.49. The number of amides is 2. The summed E-state index contributed by atoms with van der Waals surface area (Å²) in [5, 5.41) is 5.47. The van der Waals surface area contributed by atoms with E-state index in [2.05, 4.69) is 10.6 Å². The molecule has 2 N–H and O–H groups in total. The van der Waals surface area contributed by atoms with Gasteiger partial charge < -0.3 is 24.3 Å². The van der Waals surface area contributed by atoms with Gasteiger partial charge in [0.2, 0.25) is 0 Å². The van der Waals surface area contributed by atoms with Gasteiger partial charge in [-0.1, -0.05) is 6.92 Å². The molecule has 0 fully saturated rings. The van der Waals surface area contributed by atoms with E-state index in [0.717, 1.165) is 6.42 Å². The quantitative estimate of drug-likeness (QED) is 0.532. The number of ether oxygens (including phenoxy) is 4. The first kappa shape index (κ1) is 24.8. The molecule has 0 aromatic heterocycles. The van der Waals surface area contributed by atoms with Crippen LogP contribution >= 0.6 is 0 Å². The third kappa shape index (κ3) is 7.37. The zero-order valence-corrected chi connectivity index (χ0v) is 19.5. The minimum Gasteiger partial charge on any atom is -0.495 e. The van der Waals surface area contributed by atoms with E-state index < -0.39 is 11.7 Å². The minimum absolute atomic E-state index is 0.332. The highest BCUT2D eigenvalue weighted by Crippen LogP contribution is 2.31. The summed E-state index contributed by atoms with van der Waals surface area (Å²) in [5.41, 5.74) is 0.618. The largest absolute Gasteiger partial charge is 0.495 e. The third-order valence-electron chi connectivity index (χ3n) is 4.06. The van der Waals surface area contributed by atoms with Crippen LogP contribution in [0.4, 0.5) is 16.2 Å². The fourth-order valence-electron chi connectivity index (χ4n) is 2.75. The number of hydrogen-bond donors (Lipinski definition) is 2. The molecule has 2 amide bonds. The number of hydrogen-bond acceptors (Lipinski definition) is 6. The first-order valence-corrected chi connectivity index (χ1v) is 10.6. The molecule has 2 aromatic rings.